The highest BCUT2D eigenvalue weighted by Crippen LogP contribution is 2.13. The van der Waals surface area contributed by atoms with Gasteiger partial charge < -0.3 is 10.6 Å². The van der Waals surface area contributed by atoms with Crippen molar-refractivity contribution in [1.82, 2.24) is 5.32 Å². The van der Waals surface area contributed by atoms with Crippen molar-refractivity contribution in [2.45, 2.75) is 13.3 Å². The van der Waals surface area contributed by atoms with Gasteiger partial charge >= 0.3 is 0 Å². The number of aryl methyl sites for hydroxylation is 1. The van der Waals surface area contributed by atoms with Crippen LogP contribution in [0.3, 0.4) is 0 Å². The molecule has 0 heterocycles. The van der Waals surface area contributed by atoms with Crippen LogP contribution in [0.15, 0.2) is 42.5 Å². The standard InChI is InChI=1S/C16H14F2N2OS/c1-10-2-7-13(9-14(10)18)19-16(22)20-15(21)8-11-3-5-12(17)6-4-11/h2-7,9H,8H2,1H3,(H2,19,20,21,22). The summed E-state index contributed by atoms with van der Waals surface area (Å²) in [5.41, 5.74) is 1.65. The van der Waals surface area contributed by atoms with Gasteiger partial charge in [0.1, 0.15) is 11.6 Å². The number of nitrogens with one attached hydrogen (secondary N) is 2. The summed E-state index contributed by atoms with van der Waals surface area (Å²) >= 11 is 5.00. The number of anilines is 1. The molecule has 0 unspecified atom stereocenters. The van der Waals surface area contributed by atoms with Crippen LogP contribution >= 0.6 is 12.2 Å². The largest absolute Gasteiger partial charge is 0.332 e. The predicted molar refractivity (Wildman–Crippen MR) is 85.6 cm³/mol. The summed E-state index contributed by atoms with van der Waals surface area (Å²) in [5.74, 6) is -1.05. The molecule has 0 aromatic heterocycles. The lowest BCUT2D eigenvalue weighted by Crippen LogP contribution is -2.35. The van der Waals surface area contributed by atoms with Gasteiger partial charge in [0.2, 0.25) is 5.91 Å². The molecule has 0 atom stereocenters. The van der Waals surface area contributed by atoms with Gasteiger partial charge in [-0.1, -0.05) is 18.2 Å². The van der Waals surface area contributed by atoms with E-state index < -0.39 is 0 Å². The first-order chi connectivity index (χ1) is 10.4. The Morgan fingerprint density at radius 1 is 1.14 bits per heavy atom. The van der Waals surface area contributed by atoms with E-state index in [1.807, 2.05) is 0 Å². The molecule has 0 radical (unpaired) electrons. The van der Waals surface area contributed by atoms with Crippen molar-refractivity contribution in [2.24, 2.45) is 0 Å². The predicted octanol–water partition coefficient (Wildman–Crippen LogP) is 3.33. The molecule has 0 saturated heterocycles. The third kappa shape index (κ3) is 4.60. The molecule has 0 bridgehead atoms. The molecule has 0 spiro atoms. The highest BCUT2D eigenvalue weighted by molar-refractivity contribution is 7.80. The molecular formula is C16H14F2N2OS. The molecule has 0 aliphatic heterocycles. The van der Waals surface area contributed by atoms with E-state index >= 15 is 0 Å². The van der Waals surface area contributed by atoms with Crippen LogP contribution in [-0.4, -0.2) is 11.0 Å². The van der Waals surface area contributed by atoms with Crippen LogP contribution in [0.2, 0.25) is 0 Å². The molecule has 114 valence electrons. The minimum Gasteiger partial charge on any atom is -0.332 e. The Morgan fingerprint density at radius 2 is 1.82 bits per heavy atom. The number of rotatable bonds is 3. The summed E-state index contributed by atoms with van der Waals surface area (Å²) in [4.78, 5) is 11.8. The fourth-order valence-corrected chi connectivity index (χ4v) is 2.02. The molecule has 0 aliphatic carbocycles. The average molecular weight is 320 g/mol. The Labute approximate surface area is 132 Å². The third-order valence-electron chi connectivity index (χ3n) is 2.96. The van der Waals surface area contributed by atoms with E-state index in [9.17, 15) is 13.6 Å². The maximum Gasteiger partial charge on any atom is 0.230 e. The number of thiocarbonyl (C=S) groups is 1. The zero-order valence-corrected chi connectivity index (χ0v) is 12.6. The molecule has 6 heteroatoms. The summed E-state index contributed by atoms with van der Waals surface area (Å²) in [6.07, 6.45) is 0.0738. The first-order valence-corrected chi connectivity index (χ1v) is 6.96. The Bertz CT molecular complexity index is 702. The van der Waals surface area contributed by atoms with Gasteiger partial charge in [0.25, 0.3) is 0 Å². The minimum absolute atomic E-state index is 0.0738. The highest BCUT2D eigenvalue weighted by atomic mass is 32.1. The smallest absolute Gasteiger partial charge is 0.230 e. The van der Waals surface area contributed by atoms with E-state index in [4.69, 9.17) is 12.2 Å². The van der Waals surface area contributed by atoms with Gasteiger partial charge in [-0.15, -0.1) is 0 Å². The van der Waals surface area contributed by atoms with Gasteiger partial charge in [-0.25, -0.2) is 8.78 Å². The van der Waals surface area contributed by atoms with Crippen LogP contribution in [0.1, 0.15) is 11.1 Å². The lowest BCUT2D eigenvalue weighted by atomic mass is 10.1. The van der Waals surface area contributed by atoms with Crippen molar-refractivity contribution >= 4 is 28.9 Å². The van der Waals surface area contributed by atoms with E-state index in [0.29, 0.717) is 16.8 Å². The maximum atomic E-state index is 13.4. The number of amides is 1. The summed E-state index contributed by atoms with van der Waals surface area (Å²) in [5, 5.41) is 5.31. The Kier molecular flexibility index (Phi) is 5.16. The van der Waals surface area contributed by atoms with Crippen molar-refractivity contribution in [3.63, 3.8) is 0 Å². The summed E-state index contributed by atoms with van der Waals surface area (Å²) in [7, 11) is 0. The third-order valence-corrected chi connectivity index (χ3v) is 3.16. The summed E-state index contributed by atoms with van der Waals surface area (Å²) in [6.45, 7) is 1.65. The second kappa shape index (κ2) is 7.09. The van der Waals surface area contributed by atoms with E-state index in [2.05, 4.69) is 10.6 Å². The fraction of sp³-hybridized carbons (Fsp3) is 0.125. The molecule has 2 aromatic carbocycles. The number of hydrogen-bond donors (Lipinski definition) is 2. The molecule has 0 saturated carbocycles. The minimum atomic E-state index is -0.359. The van der Waals surface area contributed by atoms with E-state index in [0.717, 1.165) is 0 Å². The van der Waals surface area contributed by atoms with Crippen molar-refractivity contribution in [2.75, 3.05) is 5.32 Å². The molecular weight excluding hydrogens is 306 g/mol. The Balaban J connectivity index is 1.89. The molecule has 3 nitrogen and oxygen atoms in total. The van der Waals surface area contributed by atoms with Gasteiger partial charge in [-0.3, -0.25) is 4.79 Å². The van der Waals surface area contributed by atoms with Crippen molar-refractivity contribution in [3.8, 4) is 0 Å². The lowest BCUT2D eigenvalue weighted by Gasteiger charge is -2.10. The molecule has 2 aromatic rings. The second-order valence-electron chi connectivity index (χ2n) is 4.77. The Hall–Kier alpha value is -2.34. The zero-order chi connectivity index (χ0) is 16.1. The maximum absolute atomic E-state index is 13.4. The normalized spacial score (nSPS) is 10.1. The van der Waals surface area contributed by atoms with Crippen LogP contribution in [0.25, 0.3) is 0 Å². The highest BCUT2D eigenvalue weighted by Gasteiger charge is 2.07. The second-order valence-corrected chi connectivity index (χ2v) is 5.18. The quantitative estimate of drug-likeness (QED) is 0.853. The van der Waals surface area contributed by atoms with Crippen LogP contribution < -0.4 is 10.6 Å². The number of halogens is 2. The first-order valence-electron chi connectivity index (χ1n) is 6.55. The van der Waals surface area contributed by atoms with Gasteiger partial charge in [0.05, 0.1) is 6.42 Å². The van der Waals surface area contributed by atoms with Gasteiger partial charge in [0, 0.05) is 5.69 Å². The Morgan fingerprint density at radius 3 is 2.45 bits per heavy atom. The van der Waals surface area contributed by atoms with Crippen LogP contribution in [0.5, 0.6) is 0 Å². The molecule has 22 heavy (non-hydrogen) atoms. The average Bonchev–Trinajstić information content (AvgIpc) is 2.45. The number of hydrogen-bond acceptors (Lipinski definition) is 2. The fourth-order valence-electron chi connectivity index (χ4n) is 1.79. The molecule has 2 N–H and O–H groups in total. The van der Waals surface area contributed by atoms with Crippen LogP contribution in [0, 0.1) is 18.6 Å². The number of carbonyl (C=O) groups is 1. The zero-order valence-electron chi connectivity index (χ0n) is 11.8. The van der Waals surface area contributed by atoms with E-state index in [-0.39, 0.29) is 29.1 Å². The van der Waals surface area contributed by atoms with Gasteiger partial charge in [-0.05, 0) is 54.5 Å². The first kappa shape index (κ1) is 16.0. The molecule has 0 aliphatic rings. The molecule has 2 rings (SSSR count). The van der Waals surface area contributed by atoms with Crippen molar-refractivity contribution < 1.29 is 13.6 Å². The van der Waals surface area contributed by atoms with E-state index in [1.165, 1.54) is 30.3 Å². The van der Waals surface area contributed by atoms with Crippen molar-refractivity contribution in [1.29, 1.82) is 0 Å². The topological polar surface area (TPSA) is 41.1 Å². The monoisotopic (exact) mass is 320 g/mol. The molecule has 1 amide bonds. The number of carbonyl (C=O) groups excluding carboxylic acids is 1. The SMILES string of the molecule is Cc1ccc(NC(=S)NC(=O)Cc2ccc(F)cc2)cc1F. The van der Waals surface area contributed by atoms with Crippen LogP contribution in [0.4, 0.5) is 14.5 Å². The molecule has 0 fully saturated rings. The van der Waals surface area contributed by atoms with Crippen molar-refractivity contribution in [3.05, 3.63) is 65.2 Å². The lowest BCUT2D eigenvalue weighted by molar-refractivity contribution is -0.119. The van der Waals surface area contributed by atoms with E-state index in [1.54, 1.807) is 19.1 Å². The van der Waals surface area contributed by atoms with Crippen LogP contribution in [-0.2, 0) is 11.2 Å². The summed E-state index contributed by atoms with van der Waals surface area (Å²) < 4.78 is 26.2. The number of benzene rings is 2. The van der Waals surface area contributed by atoms with Gasteiger partial charge in [0.15, 0.2) is 5.11 Å². The summed E-state index contributed by atoms with van der Waals surface area (Å²) in [6, 6.07) is 10.2. The van der Waals surface area contributed by atoms with Gasteiger partial charge in [-0.2, -0.15) is 0 Å².